The van der Waals surface area contributed by atoms with E-state index in [9.17, 15) is 9.59 Å². The second kappa shape index (κ2) is 7.88. The Morgan fingerprint density at radius 2 is 1.93 bits per heavy atom. The van der Waals surface area contributed by atoms with E-state index in [1.54, 1.807) is 0 Å². The van der Waals surface area contributed by atoms with Crippen LogP contribution in [0.1, 0.15) is 12.8 Å². The van der Waals surface area contributed by atoms with Crippen molar-refractivity contribution in [2.75, 3.05) is 11.9 Å². The number of hydrogen-bond donors (Lipinski definition) is 2. The third-order valence-corrected chi connectivity index (χ3v) is 5.93. The van der Waals surface area contributed by atoms with Crippen LogP contribution in [0.3, 0.4) is 0 Å². The summed E-state index contributed by atoms with van der Waals surface area (Å²) in [4.78, 5) is 25.4. The molecular weight excluding hydrogens is 358 g/mol. The maximum absolute atomic E-state index is 12.2. The Kier molecular flexibility index (Phi) is 5.16. The number of rotatable bonds is 6. The molecule has 2 heterocycles. The summed E-state index contributed by atoms with van der Waals surface area (Å²) >= 11 is 1.46. The number of fused-ring (bicyclic) bond motifs is 2. The average Bonchev–Trinajstić information content (AvgIpc) is 3.09. The highest BCUT2D eigenvalue weighted by molar-refractivity contribution is 8.01. The lowest BCUT2D eigenvalue weighted by Crippen LogP contribution is -2.35. The second-order valence-corrected chi connectivity index (χ2v) is 7.81. The van der Waals surface area contributed by atoms with Crippen molar-refractivity contribution in [2.45, 2.75) is 29.5 Å². The highest BCUT2D eigenvalue weighted by Gasteiger charge is 2.28. The van der Waals surface area contributed by atoms with Crippen LogP contribution in [0.5, 0.6) is 0 Å². The zero-order chi connectivity index (χ0) is 18.6. The van der Waals surface area contributed by atoms with E-state index in [1.807, 2.05) is 36.4 Å². The van der Waals surface area contributed by atoms with Gasteiger partial charge in [-0.25, -0.2) is 0 Å². The van der Waals surface area contributed by atoms with E-state index in [-0.39, 0.29) is 23.5 Å². The van der Waals surface area contributed by atoms with Gasteiger partial charge in [0.05, 0.1) is 10.9 Å². The summed E-state index contributed by atoms with van der Waals surface area (Å²) in [5.41, 5.74) is 2.03. The van der Waals surface area contributed by atoms with Gasteiger partial charge in [0.15, 0.2) is 0 Å². The van der Waals surface area contributed by atoms with E-state index in [0.29, 0.717) is 6.54 Å². The number of thioether (sulfide) groups is 1. The highest BCUT2D eigenvalue weighted by Crippen LogP contribution is 2.36. The molecule has 5 nitrogen and oxygen atoms in total. The van der Waals surface area contributed by atoms with Gasteiger partial charge in [0, 0.05) is 36.1 Å². The quantitative estimate of drug-likeness (QED) is 0.643. The normalized spacial score (nSPS) is 16.0. The number of nitrogens with one attached hydrogen (secondary N) is 2. The number of nitrogens with zero attached hydrogens (tertiary/aromatic N) is 1. The fourth-order valence-corrected chi connectivity index (χ4v) is 4.39. The molecule has 0 saturated carbocycles. The molecule has 2 amide bonds. The van der Waals surface area contributed by atoms with Gasteiger partial charge in [-0.1, -0.05) is 30.3 Å². The molecule has 4 rings (SSSR count). The van der Waals surface area contributed by atoms with Gasteiger partial charge in [-0.05, 0) is 36.1 Å². The number of aryl methyl sites for hydroxylation is 1. The van der Waals surface area contributed by atoms with Gasteiger partial charge in [-0.3, -0.25) is 9.59 Å². The number of hydrogen-bond acceptors (Lipinski definition) is 3. The standard InChI is InChI=1S/C21H21N3O2S/c25-20(14-19-21(26)23-16-7-2-4-9-18(16)27-19)22-11-5-12-24-13-10-15-6-1-3-8-17(15)24/h1-4,6-10,13,19H,5,11-12,14H2,(H,22,25)(H,23,26)/t19-/m1/s1. The number of benzene rings is 2. The van der Waals surface area contributed by atoms with Crippen molar-refractivity contribution in [3.05, 3.63) is 60.8 Å². The van der Waals surface area contributed by atoms with Crippen LogP contribution in [0.15, 0.2) is 65.7 Å². The maximum atomic E-state index is 12.2. The minimum Gasteiger partial charge on any atom is -0.356 e. The van der Waals surface area contributed by atoms with Crippen LogP contribution in [0, 0.1) is 0 Å². The average molecular weight is 379 g/mol. The molecule has 0 unspecified atom stereocenters. The molecule has 0 spiro atoms. The van der Waals surface area contributed by atoms with Crippen molar-refractivity contribution in [3.63, 3.8) is 0 Å². The molecule has 1 aliphatic rings. The van der Waals surface area contributed by atoms with Crippen LogP contribution in [0.2, 0.25) is 0 Å². The molecule has 6 heteroatoms. The van der Waals surface area contributed by atoms with Gasteiger partial charge in [-0.2, -0.15) is 0 Å². The minimum atomic E-state index is -0.381. The van der Waals surface area contributed by atoms with Gasteiger partial charge in [-0.15, -0.1) is 11.8 Å². The number of amides is 2. The molecule has 0 aliphatic carbocycles. The zero-order valence-corrected chi connectivity index (χ0v) is 15.7. The zero-order valence-electron chi connectivity index (χ0n) is 14.9. The second-order valence-electron chi connectivity index (χ2n) is 6.57. The fraction of sp³-hybridized carbons (Fsp3) is 0.238. The van der Waals surface area contributed by atoms with E-state index in [2.05, 4.69) is 39.6 Å². The first-order chi connectivity index (χ1) is 13.2. The maximum Gasteiger partial charge on any atom is 0.238 e. The summed E-state index contributed by atoms with van der Waals surface area (Å²) in [7, 11) is 0. The first kappa shape index (κ1) is 17.7. The van der Waals surface area contributed by atoms with Crippen molar-refractivity contribution in [2.24, 2.45) is 0 Å². The van der Waals surface area contributed by atoms with Crippen molar-refractivity contribution < 1.29 is 9.59 Å². The van der Waals surface area contributed by atoms with Crippen molar-refractivity contribution in [1.29, 1.82) is 0 Å². The number of para-hydroxylation sites is 2. The molecule has 0 radical (unpaired) electrons. The molecule has 2 N–H and O–H groups in total. The molecule has 0 saturated heterocycles. The molecule has 2 aromatic carbocycles. The molecule has 1 atom stereocenters. The van der Waals surface area contributed by atoms with E-state index < -0.39 is 0 Å². The highest BCUT2D eigenvalue weighted by atomic mass is 32.2. The Labute approximate surface area is 162 Å². The van der Waals surface area contributed by atoms with E-state index in [0.717, 1.165) is 23.5 Å². The molecule has 3 aromatic rings. The lowest BCUT2D eigenvalue weighted by Gasteiger charge is -2.23. The number of anilines is 1. The molecular formula is C21H21N3O2S. The van der Waals surface area contributed by atoms with E-state index in [1.165, 1.54) is 22.7 Å². The number of aromatic nitrogens is 1. The summed E-state index contributed by atoms with van der Waals surface area (Å²) < 4.78 is 2.20. The topological polar surface area (TPSA) is 63.1 Å². The Balaban J connectivity index is 1.25. The first-order valence-electron chi connectivity index (χ1n) is 9.08. The Morgan fingerprint density at radius 1 is 1.11 bits per heavy atom. The largest absolute Gasteiger partial charge is 0.356 e. The van der Waals surface area contributed by atoms with Gasteiger partial charge >= 0.3 is 0 Å². The fourth-order valence-electron chi connectivity index (χ4n) is 3.28. The van der Waals surface area contributed by atoms with Crippen LogP contribution in [0.4, 0.5) is 5.69 Å². The summed E-state index contributed by atoms with van der Waals surface area (Å²) in [5.74, 6) is -0.188. The predicted octanol–water partition coefficient (Wildman–Crippen LogP) is 3.65. The smallest absolute Gasteiger partial charge is 0.238 e. The Hall–Kier alpha value is -2.73. The van der Waals surface area contributed by atoms with Crippen molar-refractivity contribution in [3.8, 4) is 0 Å². The number of carbonyl (C=O) groups excluding carboxylic acids is 2. The van der Waals surface area contributed by atoms with E-state index in [4.69, 9.17) is 0 Å². The van der Waals surface area contributed by atoms with Crippen LogP contribution >= 0.6 is 11.8 Å². The molecule has 1 aromatic heterocycles. The number of carbonyl (C=O) groups is 2. The summed E-state index contributed by atoms with van der Waals surface area (Å²) in [6.07, 6.45) is 3.11. The third kappa shape index (κ3) is 4.01. The van der Waals surface area contributed by atoms with Gasteiger partial charge in [0.2, 0.25) is 11.8 Å². The van der Waals surface area contributed by atoms with Gasteiger partial charge in [0.1, 0.15) is 0 Å². The van der Waals surface area contributed by atoms with Gasteiger partial charge < -0.3 is 15.2 Å². The molecule has 0 bridgehead atoms. The molecule has 1 aliphatic heterocycles. The van der Waals surface area contributed by atoms with E-state index >= 15 is 0 Å². The van der Waals surface area contributed by atoms with Crippen LogP contribution in [0.25, 0.3) is 10.9 Å². The van der Waals surface area contributed by atoms with Crippen LogP contribution in [-0.4, -0.2) is 28.2 Å². The van der Waals surface area contributed by atoms with Crippen molar-refractivity contribution in [1.82, 2.24) is 9.88 Å². The molecule has 27 heavy (non-hydrogen) atoms. The lowest BCUT2D eigenvalue weighted by atomic mass is 10.2. The summed E-state index contributed by atoms with van der Waals surface area (Å²) in [6.45, 7) is 1.45. The van der Waals surface area contributed by atoms with Crippen molar-refractivity contribution >= 4 is 40.2 Å². The first-order valence-corrected chi connectivity index (χ1v) is 9.96. The Morgan fingerprint density at radius 3 is 2.85 bits per heavy atom. The summed E-state index contributed by atoms with van der Waals surface area (Å²) in [6, 6.07) is 18.0. The third-order valence-electron chi connectivity index (χ3n) is 4.66. The lowest BCUT2D eigenvalue weighted by molar-refractivity contribution is -0.124. The monoisotopic (exact) mass is 379 g/mol. The van der Waals surface area contributed by atoms with Crippen LogP contribution < -0.4 is 10.6 Å². The van der Waals surface area contributed by atoms with Crippen LogP contribution in [-0.2, 0) is 16.1 Å². The molecule has 138 valence electrons. The SMILES string of the molecule is O=C(C[C@H]1Sc2ccccc2NC1=O)NCCCn1ccc2ccccc21. The summed E-state index contributed by atoms with van der Waals surface area (Å²) in [5, 5.41) is 6.66. The predicted molar refractivity (Wildman–Crippen MR) is 109 cm³/mol. The minimum absolute atomic E-state index is 0.0839. The van der Waals surface area contributed by atoms with Gasteiger partial charge in [0.25, 0.3) is 0 Å². The Bertz CT molecular complexity index is 982. The molecule has 0 fully saturated rings.